The lowest BCUT2D eigenvalue weighted by atomic mass is 10.0. The number of halogens is 2. The Kier molecular flexibility index (Phi) is 6.86. The molecule has 31 heavy (non-hydrogen) atoms. The van der Waals surface area contributed by atoms with Gasteiger partial charge in [0.05, 0.1) is 0 Å². The number of hydrogen-bond acceptors (Lipinski definition) is 3. The first-order valence-corrected chi connectivity index (χ1v) is 11.3. The molecule has 2 aromatic carbocycles. The third-order valence-corrected chi connectivity index (χ3v) is 6.65. The van der Waals surface area contributed by atoms with Crippen LogP contribution in [-0.4, -0.2) is 61.0 Å². The number of rotatable bonds is 5. The van der Waals surface area contributed by atoms with Gasteiger partial charge in [-0.05, 0) is 55.5 Å². The standard InChI is InChI=1S/C25H31F2N3O/c1-19-5-2-3-7-24(19)29-15-13-28(14-16-29)21-6-4-12-30(18-21)25(31)11-9-20-8-10-22(26)23(27)17-20/h2-3,5,7-8,10,17,21H,4,6,9,11-16,18H2,1H3. The summed E-state index contributed by atoms with van der Waals surface area (Å²) in [6.45, 7) is 7.74. The van der Waals surface area contributed by atoms with Crippen LogP contribution in [-0.2, 0) is 11.2 Å². The van der Waals surface area contributed by atoms with E-state index in [1.54, 1.807) is 6.07 Å². The van der Waals surface area contributed by atoms with E-state index in [1.165, 1.54) is 17.3 Å². The number of amides is 1. The summed E-state index contributed by atoms with van der Waals surface area (Å²) in [7, 11) is 0. The van der Waals surface area contributed by atoms with E-state index >= 15 is 0 Å². The first kappa shape index (κ1) is 21.8. The SMILES string of the molecule is Cc1ccccc1N1CCN(C2CCCN(C(=O)CCc3ccc(F)c(F)c3)C2)CC1. The van der Waals surface area contributed by atoms with Gasteiger partial charge < -0.3 is 9.80 Å². The average Bonchev–Trinajstić information content (AvgIpc) is 2.80. The second kappa shape index (κ2) is 9.77. The molecule has 6 heteroatoms. The molecule has 2 fully saturated rings. The molecule has 0 bridgehead atoms. The van der Waals surface area contributed by atoms with Crippen LogP contribution in [0, 0.1) is 18.6 Å². The van der Waals surface area contributed by atoms with Crippen molar-refractivity contribution < 1.29 is 13.6 Å². The Morgan fingerprint density at radius 3 is 2.52 bits per heavy atom. The number of aryl methyl sites for hydroxylation is 2. The van der Waals surface area contributed by atoms with Crippen LogP contribution >= 0.6 is 0 Å². The fourth-order valence-electron chi connectivity index (χ4n) is 4.83. The number of hydrogen-bond donors (Lipinski definition) is 0. The highest BCUT2D eigenvalue weighted by Gasteiger charge is 2.30. The molecule has 0 radical (unpaired) electrons. The van der Waals surface area contributed by atoms with Crippen LogP contribution in [0.2, 0.25) is 0 Å². The first-order valence-electron chi connectivity index (χ1n) is 11.3. The molecule has 2 aromatic rings. The van der Waals surface area contributed by atoms with E-state index in [4.69, 9.17) is 0 Å². The van der Waals surface area contributed by atoms with Crippen molar-refractivity contribution in [1.29, 1.82) is 0 Å². The Labute approximate surface area is 183 Å². The van der Waals surface area contributed by atoms with Crippen LogP contribution in [0.15, 0.2) is 42.5 Å². The van der Waals surface area contributed by atoms with Crippen molar-refractivity contribution in [2.24, 2.45) is 0 Å². The zero-order valence-electron chi connectivity index (χ0n) is 18.2. The van der Waals surface area contributed by atoms with E-state index in [0.29, 0.717) is 24.4 Å². The smallest absolute Gasteiger partial charge is 0.222 e. The van der Waals surface area contributed by atoms with Crippen molar-refractivity contribution in [2.45, 2.75) is 38.6 Å². The molecule has 0 aromatic heterocycles. The highest BCUT2D eigenvalue weighted by Crippen LogP contribution is 2.24. The minimum Gasteiger partial charge on any atom is -0.369 e. The van der Waals surface area contributed by atoms with Gasteiger partial charge in [-0.25, -0.2) is 8.78 Å². The fourth-order valence-corrected chi connectivity index (χ4v) is 4.83. The Hall–Kier alpha value is -2.47. The number of nitrogens with zero attached hydrogens (tertiary/aromatic N) is 3. The number of likely N-dealkylation sites (tertiary alicyclic amines) is 1. The lowest BCUT2D eigenvalue weighted by Gasteiger charge is -2.44. The van der Waals surface area contributed by atoms with Crippen molar-refractivity contribution in [1.82, 2.24) is 9.80 Å². The van der Waals surface area contributed by atoms with Crippen LogP contribution in [0.25, 0.3) is 0 Å². The Morgan fingerprint density at radius 2 is 1.77 bits per heavy atom. The number of anilines is 1. The number of benzene rings is 2. The van der Waals surface area contributed by atoms with Gasteiger partial charge in [-0.15, -0.1) is 0 Å². The molecule has 2 aliphatic heterocycles. The maximum atomic E-state index is 13.4. The third kappa shape index (κ3) is 5.24. The predicted molar refractivity (Wildman–Crippen MR) is 119 cm³/mol. The lowest BCUT2D eigenvalue weighted by molar-refractivity contribution is -0.133. The molecule has 166 valence electrons. The summed E-state index contributed by atoms with van der Waals surface area (Å²) < 4.78 is 26.5. The quantitative estimate of drug-likeness (QED) is 0.721. The predicted octanol–water partition coefficient (Wildman–Crippen LogP) is 4.02. The minimum atomic E-state index is -0.854. The highest BCUT2D eigenvalue weighted by molar-refractivity contribution is 5.76. The number of piperazine rings is 1. The molecule has 1 atom stereocenters. The van der Waals surface area contributed by atoms with Gasteiger partial charge >= 0.3 is 0 Å². The zero-order chi connectivity index (χ0) is 21.8. The largest absolute Gasteiger partial charge is 0.369 e. The first-order chi connectivity index (χ1) is 15.0. The molecule has 2 heterocycles. The van der Waals surface area contributed by atoms with Crippen molar-refractivity contribution in [3.63, 3.8) is 0 Å². The molecule has 1 unspecified atom stereocenters. The van der Waals surface area contributed by atoms with Gasteiger partial charge in [0, 0.05) is 57.4 Å². The molecule has 4 nitrogen and oxygen atoms in total. The van der Waals surface area contributed by atoms with Gasteiger partial charge in [0.2, 0.25) is 5.91 Å². The summed E-state index contributed by atoms with van der Waals surface area (Å²) in [4.78, 5) is 19.7. The van der Waals surface area contributed by atoms with Crippen LogP contribution in [0.1, 0.15) is 30.4 Å². The highest BCUT2D eigenvalue weighted by atomic mass is 19.2. The van der Waals surface area contributed by atoms with Crippen molar-refractivity contribution in [2.75, 3.05) is 44.2 Å². The summed E-state index contributed by atoms with van der Waals surface area (Å²) in [5, 5.41) is 0. The van der Waals surface area contributed by atoms with Crippen LogP contribution in [0.3, 0.4) is 0 Å². The van der Waals surface area contributed by atoms with E-state index in [9.17, 15) is 13.6 Å². The number of para-hydroxylation sites is 1. The average molecular weight is 428 g/mol. The summed E-state index contributed by atoms with van der Waals surface area (Å²) in [5.41, 5.74) is 3.29. The molecule has 0 N–H and O–H groups in total. The zero-order valence-corrected chi connectivity index (χ0v) is 18.2. The number of piperidine rings is 1. The maximum Gasteiger partial charge on any atom is 0.222 e. The van der Waals surface area contributed by atoms with Crippen molar-refractivity contribution in [3.05, 3.63) is 65.2 Å². The van der Waals surface area contributed by atoms with Gasteiger partial charge in [0.1, 0.15) is 0 Å². The fraction of sp³-hybridized carbons (Fsp3) is 0.480. The van der Waals surface area contributed by atoms with Crippen molar-refractivity contribution >= 4 is 11.6 Å². The number of carbonyl (C=O) groups excluding carboxylic acids is 1. The summed E-state index contributed by atoms with van der Waals surface area (Å²) in [6, 6.07) is 12.8. The van der Waals surface area contributed by atoms with Crippen LogP contribution in [0.4, 0.5) is 14.5 Å². The van der Waals surface area contributed by atoms with Crippen LogP contribution in [0.5, 0.6) is 0 Å². The third-order valence-electron chi connectivity index (χ3n) is 6.65. The van der Waals surface area contributed by atoms with E-state index in [-0.39, 0.29) is 5.91 Å². The molecule has 2 saturated heterocycles. The van der Waals surface area contributed by atoms with Gasteiger partial charge in [-0.1, -0.05) is 24.3 Å². The normalized spacial score (nSPS) is 20.2. The van der Waals surface area contributed by atoms with E-state index in [2.05, 4.69) is 41.0 Å². The van der Waals surface area contributed by atoms with Gasteiger partial charge in [0.15, 0.2) is 11.6 Å². The Bertz CT molecular complexity index is 911. The van der Waals surface area contributed by atoms with Gasteiger partial charge in [-0.2, -0.15) is 0 Å². The van der Waals surface area contributed by atoms with E-state index in [0.717, 1.165) is 58.2 Å². The van der Waals surface area contributed by atoms with Gasteiger partial charge in [-0.3, -0.25) is 9.69 Å². The summed E-state index contributed by atoms with van der Waals surface area (Å²) in [6.07, 6.45) is 2.90. The maximum absolute atomic E-state index is 13.4. The van der Waals surface area contributed by atoms with Gasteiger partial charge in [0.25, 0.3) is 0 Å². The molecular weight excluding hydrogens is 396 g/mol. The number of carbonyl (C=O) groups is 1. The molecule has 0 spiro atoms. The molecule has 0 aliphatic carbocycles. The monoisotopic (exact) mass is 427 g/mol. The molecule has 1 amide bonds. The topological polar surface area (TPSA) is 26.8 Å². The Balaban J connectivity index is 1.28. The summed E-state index contributed by atoms with van der Waals surface area (Å²) in [5.74, 6) is -1.60. The lowest BCUT2D eigenvalue weighted by Crippen LogP contribution is -2.56. The second-order valence-corrected chi connectivity index (χ2v) is 8.69. The van der Waals surface area contributed by atoms with Crippen molar-refractivity contribution in [3.8, 4) is 0 Å². The summed E-state index contributed by atoms with van der Waals surface area (Å²) >= 11 is 0. The molecule has 2 aliphatic rings. The van der Waals surface area contributed by atoms with E-state index in [1.807, 2.05) is 4.90 Å². The molecule has 4 rings (SSSR count). The van der Waals surface area contributed by atoms with Crippen LogP contribution < -0.4 is 4.90 Å². The molecule has 0 saturated carbocycles. The Morgan fingerprint density at radius 1 is 1.00 bits per heavy atom. The second-order valence-electron chi connectivity index (χ2n) is 8.69. The minimum absolute atomic E-state index is 0.105. The molecular formula is C25H31F2N3O. The van der Waals surface area contributed by atoms with E-state index < -0.39 is 11.6 Å².